The van der Waals surface area contributed by atoms with Crippen molar-refractivity contribution in [3.05, 3.63) is 41.8 Å². The molecule has 1 saturated carbocycles. The number of hydrogen-bond acceptors (Lipinski definition) is 5. The maximum Gasteiger partial charge on any atom is 0.232 e. The maximum atomic E-state index is 12.8. The molecule has 1 aliphatic carbocycles. The van der Waals surface area contributed by atoms with Crippen molar-refractivity contribution in [2.24, 2.45) is 5.92 Å². The fraction of sp³-hybridized carbons (Fsp3) is 0.636. The molecule has 150 valence electrons. The Kier molecular flexibility index (Phi) is 5.74. The molecule has 1 aliphatic heterocycles. The zero-order valence-electron chi connectivity index (χ0n) is 16.9. The van der Waals surface area contributed by atoms with Gasteiger partial charge in [0.15, 0.2) is 5.82 Å². The van der Waals surface area contributed by atoms with Gasteiger partial charge in [0.1, 0.15) is 0 Å². The summed E-state index contributed by atoms with van der Waals surface area (Å²) in [7, 11) is 0. The number of rotatable bonds is 6. The van der Waals surface area contributed by atoms with Crippen LogP contribution in [0, 0.1) is 5.92 Å². The zero-order valence-corrected chi connectivity index (χ0v) is 16.9. The highest BCUT2D eigenvalue weighted by molar-refractivity contribution is 5.76. The third-order valence-corrected chi connectivity index (χ3v) is 6.22. The fourth-order valence-corrected chi connectivity index (χ4v) is 4.51. The van der Waals surface area contributed by atoms with Crippen molar-refractivity contribution in [3.63, 3.8) is 0 Å². The number of pyridine rings is 1. The molecule has 2 atom stereocenters. The second-order valence-corrected chi connectivity index (χ2v) is 8.70. The van der Waals surface area contributed by atoms with E-state index in [9.17, 15) is 4.79 Å². The molecule has 1 saturated heterocycles. The average molecular weight is 383 g/mol. The van der Waals surface area contributed by atoms with Gasteiger partial charge in [-0.05, 0) is 36.8 Å². The first-order chi connectivity index (χ1) is 13.6. The van der Waals surface area contributed by atoms with E-state index in [1.807, 2.05) is 17.2 Å². The van der Waals surface area contributed by atoms with Crippen LogP contribution in [0.2, 0.25) is 0 Å². The Labute approximate surface area is 166 Å². The SMILES string of the molecule is CC(C)CCC(=O)N1CC(c2cccnc2)C(c2nc(C3CCCC3)no2)C1. The Morgan fingerprint density at radius 1 is 1.25 bits per heavy atom. The van der Waals surface area contributed by atoms with Gasteiger partial charge in [0.25, 0.3) is 0 Å². The van der Waals surface area contributed by atoms with Crippen LogP contribution in [0.1, 0.15) is 87.4 Å². The number of aromatic nitrogens is 3. The summed E-state index contributed by atoms with van der Waals surface area (Å²) in [6.07, 6.45) is 9.98. The Balaban J connectivity index is 1.55. The van der Waals surface area contributed by atoms with Crippen LogP contribution >= 0.6 is 0 Å². The van der Waals surface area contributed by atoms with Gasteiger partial charge in [0.05, 0.1) is 5.92 Å². The monoisotopic (exact) mass is 382 g/mol. The van der Waals surface area contributed by atoms with E-state index in [2.05, 4.69) is 30.1 Å². The molecule has 0 bridgehead atoms. The van der Waals surface area contributed by atoms with Crippen molar-refractivity contribution in [2.45, 2.75) is 70.1 Å². The third-order valence-electron chi connectivity index (χ3n) is 6.22. The standard InChI is InChI=1S/C22H30N4O2/c1-15(2)9-10-20(27)26-13-18(17-8-5-11-23-12-17)19(14-26)22-24-21(25-28-22)16-6-3-4-7-16/h5,8,11-12,15-16,18-19H,3-4,6-7,9-10,13-14H2,1-2H3. The van der Waals surface area contributed by atoms with E-state index in [-0.39, 0.29) is 17.7 Å². The molecule has 2 fully saturated rings. The van der Waals surface area contributed by atoms with Gasteiger partial charge >= 0.3 is 0 Å². The third kappa shape index (κ3) is 4.10. The summed E-state index contributed by atoms with van der Waals surface area (Å²) in [5.41, 5.74) is 1.13. The zero-order chi connectivity index (χ0) is 19.5. The molecule has 28 heavy (non-hydrogen) atoms. The summed E-state index contributed by atoms with van der Waals surface area (Å²) in [6, 6.07) is 4.04. The molecule has 0 aromatic carbocycles. The Morgan fingerprint density at radius 2 is 2.04 bits per heavy atom. The second-order valence-electron chi connectivity index (χ2n) is 8.70. The first kappa shape index (κ1) is 19.1. The van der Waals surface area contributed by atoms with Gasteiger partial charge in [0.2, 0.25) is 11.8 Å². The van der Waals surface area contributed by atoms with E-state index in [0.717, 1.165) is 30.7 Å². The van der Waals surface area contributed by atoms with Crippen LogP contribution in [0.3, 0.4) is 0 Å². The van der Waals surface area contributed by atoms with Crippen LogP contribution in [0.5, 0.6) is 0 Å². The Bertz CT molecular complexity index is 783. The first-order valence-corrected chi connectivity index (χ1v) is 10.6. The smallest absolute Gasteiger partial charge is 0.232 e. The highest BCUT2D eigenvalue weighted by Crippen LogP contribution is 2.40. The van der Waals surface area contributed by atoms with Gasteiger partial charge in [-0.25, -0.2) is 0 Å². The van der Waals surface area contributed by atoms with Crippen LogP contribution < -0.4 is 0 Å². The second kappa shape index (κ2) is 8.41. The number of hydrogen-bond donors (Lipinski definition) is 0. The van der Waals surface area contributed by atoms with Gasteiger partial charge in [0, 0.05) is 43.7 Å². The summed E-state index contributed by atoms with van der Waals surface area (Å²) in [5.74, 6) is 2.89. The van der Waals surface area contributed by atoms with Crippen molar-refractivity contribution in [1.29, 1.82) is 0 Å². The van der Waals surface area contributed by atoms with Crippen molar-refractivity contribution in [2.75, 3.05) is 13.1 Å². The molecule has 2 aromatic heterocycles. The van der Waals surface area contributed by atoms with Crippen molar-refractivity contribution in [3.8, 4) is 0 Å². The van der Waals surface area contributed by atoms with Crippen molar-refractivity contribution >= 4 is 5.91 Å². The fourth-order valence-electron chi connectivity index (χ4n) is 4.51. The molecule has 6 nitrogen and oxygen atoms in total. The molecule has 2 aromatic rings. The molecule has 0 spiro atoms. The van der Waals surface area contributed by atoms with E-state index >= 15 is 0 Å². The van der Waals surface area contributed by atoms with Crippen LogP contribution in [0.25, 0.3) is 0 Å². The molecule has 4 rings (SSSR count). The van der Waals surface area contributed by atoms with Crippen LogP contribution in [-0.2, 0) is 4.79 Å². The molecular weight excluding hydrogens is 352 g/mol. The molecule has 2 unspecified atom stereocenters. The summed E-state index contributed by atoms with van der Waals surface area (Å²) < 4.78 is 5.72. The Hall–Kier alpha value is -2.24. The number of likely N-dealkylation sites (tertiary alicyclic amines) is 1. The molecule has 1 amide bonds. The maximum absolute atomic E-state index is 12.8. The normalized spacial score (nSPS) is 23.0. The highest BCUT2D eigenvalue weighted by Gasteiger charge is 2.40. The number of carbonyl (C=O) groups excluding carboxylic acids is 1. The lowest BCUT2D eigenvalue weighted by Gasteiger charge is -2.17. The molecule has 0 radical (unpaired) electrons. The van der Waals surface area contributed by atoms with E-state index in [4.69, 9.17) is 9.51 Å². The Morgan fingerprint density at radius 3 is 2.75 bits per heavy atom. The summed E-state index contributed by atoms with van der Waals surface area (Å²) in [6.45, 7) is 5.64. The number of carbonyl (C=O) groups is 1. The molecule has 6 heteroatoms. The van der Waals surface area contributed by atoms with E-state index < -0.39 is 0 Å². The van der Waals surface area contributed by atoms with E-state index in [1.54, 1.807) is 6.20 Å². The molecule has 3 heterocycles. The first-order valence-electron chi connectivity index (χ1n) is 10.6. The largest absolute Gasteiger partial charge is 0.341 e. The van der Waals surface area contributed by atoms with Gasteiger partial charge in [-0.1, -0.05) is 37.9 Å². The van der Waals surface area contributed by atoms with Crippen molar-refractivity contribution in [1.82, 2.24) is 20.0 Å². The number of amides is 1. The lowest BCUT2D eigenvalue weighted by Crippen LogP contribution is -2.28. The minimum absolute atomic E-state index is 0.0369. The molecule has 0 N–H and O–H groups in total. The molecule has 2 aliphatic rings. The quantitative estimate of drug-likeness (QED) is 0.746. The predicted octanol–water partition coefficient (Wildman–Crippen LogP) is 4.27. The minimum atomic E-state index is 0.0369. The summed E-state index contributed by atoms with van der Waals surface area (Å²) in [5, 5.41) is 4.30. The predicted molar refractivity (Wildman–Crippen MR) is 106 cm³/mol. The van der Waals surface area contributed by atoms with Crippen LogP contribution in [-0.4, -0.2) is 39.0 Å². The van der Waals surface area contributed by atoms with Crippen LogP contribution in [0.15, 0.2) is 29.0 Å². The minimum Gasteiger partial charge on any atom is -0.341 e. The van der Waals surface area contributed by atoms with E-state index in [0.29, 0.717) is 37.2 Å². The number of nitrogens with zero attached hydrogens (tertiary/aromatic N) is 4. The summed E-state index contributed by atoms with van der Waals surface area (Å²) >= 11 is 0. The average Bonchev–Trinajstić information content (AvgIpc) is 3.46. The van der Waals surface area contributed by atoms with E-state index in [1.165, 1.54) is 12.8 Å². The molecular formula is C22H30N4O2. The van der Waals surface area contributed by atoms with Gasteiger partial charge in [-0.3, -0.25) is 9.78 Å². The van der Waals surface area contributed by atoms with Gasteiger partial charge in [-0.15, -0.1) is 0 Å². The lowest BCUT2D eigenvalue weighted by atomic mass is 9.90. The van der Waals surface area contributed by atoms with Crippen LogP contribution in [0.4, 0.5) is 0 Å². The lowest BCUT2D eigenvalue weighted by molar-refractivity contribution is -0.130. The van der Waals surface area contributed by atoms with Gasteiger partial charge < -0.3 is 9.42 Å². The highest BCUT2D eigenvalue weighted by atomic mass is 16.5. The van der Waals surface area contributed by atoms with Gasteiger partial charge in [-0.2, -0.15) is 4.98 Å². The summed E-state index contributed by atoms with van der Waals surface area (Å²) in [4.78, 5) is 23.8. The topological polar surface area (TPSA) is 72.1 Å². The van der Waals surface area contributed by atoms with Crippen molar-refractivity contribution < 1.29 is 9.32 Å².